The van der Waals surface area contributed by atoms with Gasteiger partial charge < -0.3 is 10.2 Å². The first kappa shape index (κ1) is 19.6. The number of piperazine rings is 1. The summed E-state index contributed by atoms with van der Waals surface area (Å²) in [5.74, 6) is 0.860. The molecule has 160 valence electrons. The van der Waals surface area contributed by atoms with E-state index in [1.165, 1.54) is 6.20 Å². The number of benzene rings is 1. The second-order valence-electron chi connectivity index (χ2n) is 7.54. The van der Waals surface area contributed by atoms with E-state index in [0.29, 0.717) is 16.5 Å². The van der Waals surface area contributed by atoms with E-state index in [9.17, 15) is 18.0 Å². The van der Waals surface area contributed by atoms with E-state index >= 15 is 0 Å². The van der Waals surface area contributed by atoms with Crippen molar-refractivity contribution in [3.05, 3.63) is 53.1 Å². The van der Waals surface area contributed by atoms with Gasteiger partial charge in [-0.3, -0.25) is 14.5 Å². The van der Waals surface area contributed by atoms with Crippen LogP contribution < -0.4 is 15.8 Å². The maximum absolute atomic E-state index is 13.2. The number of H-pyrrole nitrogens is 1. The highest BCUT2D eigenvalue weighted by Gasteiger charge is 2.30. The third kappa shape index (κ3) is 3.63. The second kappa shape index (κ2) is 7.38. The highest BCUT2D eigenvalue weighted by molar-refractivity contribution is 6.04. The van der Waals surface area contributed by atoms with Gasteiger partial charge in [-0.25, -0.2) is 4.98 Å². The fourth-order valence-electron chi connectivity index (χ4n) is 4.03. The molecule has 0 radical (unpaired) electrons. The number of anilines is 1. The number of halogens is 3. The maximum atomic E-state index is 13.2. The molecule has 4 heterocycles. The van der Waals surface area contributed by atoms with Crippen molar-refractivity contribution in [2.75, 3.05) is 31.1 Å². The number of aromatic nitrogens is 4. The highest BCUT2D eigenvalue weighted by atomic mass is 19.4. The Balaban J connectivity index is 1.61. The summed E-state index contributed by atoms with van der Waals surface area (Å²) >= 11 is 0. The number of hydrogen-bond acceptors (Lipinski definition) is 5. The predicted octanol–water partition coefficient (Wildman–Crippen LogP) is 2.91. The van der Waals surface area contributed by atoms with Gasteiger partial charge in [-0.1, -0.05) is 12.1 Å². The molecule has 5 rings (SSSR count). The van der Waals surface area contributed by atoms with E-state index in [4.69, 9.17) is 0 Å². The third-order valence-corrected chi connectivity index (χ3v) is 5.53. The van der Waals surface area contributed by atoms with Crippen LogP contribution >= 0.6 is 0 Å². The number of aromatic amines is 1. The first-order valence-corrected chi connectivity index (χ1v) is 9.89. The molecule has 10 heteroatoms. The Kier molecular flexibility index (Phi) is 4.66. The van der Waals surface area contributed by atoms with Crippen LogP contribution in [0, 0.1) is 0 Å². The quantitative estimate of drug-likeness (QED) is 0.525. The van der Waals surface area contributed by atoms with Crippen LogP contribution in [0.3, 0.4) is 0 Å². The molecule has 4 aromatic rings. The second-order valence-corrected chi connectivity index (χ2v) is 7.54. The lowest BCUT2D eigenvalue weighted by Crippen LogP contribution is -2.43. The summed E-state index contributed by atoms with van der Waals surface area (Å²) < 4.78 is 40.4. The van der Waals surface area contributed by atoms with Crippen LogP contribution in [0.25, 0.3) is 32.9 Å². The largest absolute Gasteiger partial charge is 0.406 e. The number of fused-ring (bicyclic) bond motifs is 3. The summed E-state index contributed by atoms with van der Waals surface area (Å²) in [5, 5.41) is 10.5. The van der Waals surface area contributed by atoms with Crippen molar-refractivity contribution in [3.8, 4) is 11.1 Å². The van der Waals surface area contributed by atoms with Crippen LogP contribution in [-0.4, -0.2) is 52.1 Å². The Labute approximate surface area is 174 Å². The molecule has 31 heavy (non-hydrogen) atoms. The molecule has 2 N–H and O–H groups in total. The lowest BCUT2D eigenvalue weighted by atomic mass is 10.0. The molecule has 1 saturated heterocycles. The number of rotatable bonds is 3. The minimum absolute atomic E-state index is 0.131. The van der Waals surface area contributed by atoms with Crippen molar-refractivity contribution < 1.29 is 13.2 Å². The van der Waals surface area contributed by atoms with Crippen LogP contribution in [0.4, 0.5) is 19.0 Å². The minimum atomic E-state index is -4.53. The van der Waals surface area contributed by atoms with Crippen molar-refractivity contribution in [2.24, 2.45) is 0 Å². The van der Waals surface area contributed by atoms with Gasteiger partial charge in [0.1, 0.15) is 12.4 Å². The first-order valence-electron chi connectivity index (χ1n) is 9.89. The molecule has 1 aromatic carbocycles. The van der Waals surface area contributed by atoms with Gasteiger partial charge in [0.2, 0.25) is 0 Å². The topological polar surface area (TPSA) is 78.8 Å². The van der Waals surface area contributed by atoms with E-state index in [-0.39, 0.29) is 10.9 Å². The molecule has 0 atom stereocenters. The molecule has 0 spiro atoms. The van der Waals surface area contributed by atoms with Crippen LogP contribution in [-0.2, 0) is 6.54 Å². The lowest BCUT2D eigenvalue weighted by Gasteiger charge is -2.28. The van der Waals surface area contributed by atoms with Crippen LogP contribution in [0.1, 0.15) is 0 Å². The van der Waals surface area contributed by atoms with Gasteiger partial charge in [-0.2, -0.15) is 18.3 Å². The third-order valence-electron chi connectivity index (χ3n) is 5.53. The van der Waals surface area contributed by atoms with Gasteiger partial charge >= 0.3 is 6.18 Å². The molecule has 0 amide bonds. The maximum Gasteiger partial charge on any atom is 0.406 e. The zero-order valence-electron chi connectivity index (χ0n) is 16.4. The Morgan fingerprint density at radius 3 is 2.48 bits per heavy atom. The standard InChI is InChI=1S/C21H19F3N6O/c22-21(23,24)12-30-17-9-13(1-3-15(17)19-16(20(30)31)11-27-28-19)14-2-4-18(26-10-14)29-7-5-25-6-8-29/h1-4,9-11,25H,5-8,12H2,(H,27,28). The Bertz CT molecular complexity index is 1300. The summed E-state index contributed by atoms with van der Waals surface area (Å²) in [5.41, 5.74) is 1.34. The minimum Gasteiger partial charge on any atom is -0.354 e. The summed E-state index contributed by atoms with van der Waals surface area (Å²) in [4.78, 5) is 19.4. The van der Waals surface area contributed by atoms with Crippen molar-refractivity contribution >= 4 is 27.6 Å². The van der Waals surface area contributed by atoms with E-state index < -0.39 is 18.3 Å². The van der Waals surface area contributed by atoms with E-state index in [1.807, 2.05) is 18.2 Å². The predicted molar refractivity (Wildman–Crippen MR) is 112 cm³/mol. The van der Waals surface area contributed by atoms with Gasteiger partial charge in [0, 0.05) is 43.3 Å². The highest BCUT2D eigenvalue weighted by Crippen LogP contribution is 2.29. The molecule has 7 nitrogen and oxygen atoms in total. The van der Waals surface area contributed by atoms with Crippen molar-refractivity contribution in [3.63, 3.8) is 0 Å². The van der Waals surface area contributed by atoms with Crippen LogP contribution in [0.2, 0.25) is 0 Å². The van der Waals surface area contributed by atoms with E-state index in [2.05, 4.69) is 25.4 Å². The van der Waals surface area contributed by atoms with E-state index in [1.54, 1.807) is 18.3 Å². The average Bonchev–Trinajstić information content (AvgIpc) is 3.27. The molecule has 0 aliphatic carbocycles. The van der Waals surface area contributed by atoms with Gasteiger partial charge in [0.05, 0.1) is 22.6 Å². The van der Waals surface area contributed by atoms with Gasteiger partial charge in [-0.15, -0.1) is 0 Å². The fraction of sp³-hybridized carbons (Fsp3) is 0.286. The average molecular weight is 428 g/mol. The number of alkyl halides is 3. The number of pyridine rings is 2. The summed E-state index contributed by atoms with van der Waals surface area (Å²) in [6.07, 6.45) is -1.56. The molecule has 1 aliphatic heterocycles. The molecule has 3 aromatic heterocycles. The number of nitrogens with one attached hydrogen (secondary N) is 2. The summed E-state index contributed by atoms with van der Waals surface area (Å²) in [6, 6.07) is 8.93. The summed E-state index contributed by atoms with van der Waals surface area (Å²) in [7, 11) is 0. The monoisotopic (exact) mass is 428 g/mol. The zero-order valence-corrected chi connectivity index (χ0v) is 16.4. The van der Waals surface area contributed by atoms with Crippen molar-refractivity contribution in [1.82, 2.24) is 25.1 Å². The molecular formula is C21H19F3N6O. The van der Waals surface area contributed by atoms with Gasteiger partial charge in [0.25, 0.3) is 5.56 Å². The zero-order chi connectivity index (χ0) is 21.6. The van der Waals surface area contributed by atoms with Crippen molar-refractivity contribution in [2.45, 2.75) is 12.7 Å². The van der Waals surface area contributed by atoms with Gasteiger partial charge in [0.15, 0.2) is 0 Å². The Morgan fingerprint density at radius 2 is 1.77 bits per heavy atom. The van der Waals surface area contributed by atoms with Crippen LogP contribution in [0.5, 0.6) is 0 Å². The Morgan fingerprint density at radius 1 is 1.00 bits per heavy atom. The molecule has 1 fully saturated rings. The molecule has 0 saturated carbocycles. The van der Waals surface area contributed by atoms with E-state index in [0.717, 1.165) is 42.1 Å². The molecular weight excluding hydrogens is 409 g/mol. The fourth-order valence-corrected chi connectivity index (χ4v) is 4.03. The summed E-state index contributed by atoms with van der Waals surface area (Å²) in [6.45, 7) is 2.16. The lowest BCUT2D eigenvalue weighted by molar-refractivity contribution is -0.140. The molecule has 0 bridgehead atoms. The first-order chi connectivity index (χ1) is 14.9. The van der Waals surface area contributed by atoms with Gasteiger partial charge in [-0.05, 0) is 23.8 Å². The SMILES string of the molecule is O=c1c2cn[nH]c2c2ccc(-c3ccc(N4CCNCC4)nc3)cc2n1CC(F)(F)F. The molecule has 1 aliphatic rings. The molecule has 0 unspecified atom stereocenters. The number of nitrogens with zero attached hydrogens (tertiary/aromatic N) is 4. The van der Waals surface area contributed by atoms with Crippen molar-refractivity contribution in [1.29, 1.82) is 0 Å². The Hall–Kier alpha value is -3.40. The van der Waals surface area contributed by atoms with Crippen LogP contribution in [0.15, 0.2) is 47.5 Å². The smallest absolute Gasteiger partial charge is 0.354 e. The normalized spacial score (nSPS) is 15.1. The number of hydrogen-bond donors (Lipinski definition) is 2.